The van der Waals surface area contributed by atoms with E-state index in [1.54, 1.807) is 18.0 Å². The second-order valence-electron chi connectivity index (χ2n) is 4.07. The molecular weight excluding hydrogens is 260 g/mol. The zero-order valence-electron chi connectivity index (χ0n) is 10.4. The molecule has 3 N–H and O–H groups in total. The van der Waals surface area contributed by atoms with Crippen LogP contribution in [0.2, 0.25) is 0 Å². The van der Waals surface area contributed by atoms with E-state index in [0.29, 0.717) is 5.75 Å². The largest absolute Gasteiger partial charge is 0.468 e. The van der Waals surface area contributed by atoms with Crippen molar-refractivity contribution in [2.45, 2.75) is 11.7 Å². The van der Waals surface area contributed by atoms with Gasteiger partial charge in [0, 0.05) is 5.75 Å². The van der Waals surface area contributed by atoms with Gasteiger partial charge in [0.15, 0.2) is 0 Å². The highest BCUT2D eigenvalue weighted by atomic mass is 32.2. The fraction of sp³-hybridized carbons (Fsp3) is 0.214. The lowest BCUT2D eigenvalue weighted by atomic mass is 10.0. The number of carbonyl (C=O) groups excluding carboxylic acids is 1. The second-order valence-corrected chi connectivity index (χ2v) is 5.10. The van der Waals surface area contributed by atoms with Crippen LogP contribution in [0.4, 0.5) is 0 Å². The van der Waals surface area contributed by atoms with Crippen molar-refractivity contribution in [2.75, 3.05) is 5.75 Å². The van der Waals surface area contributed by atoms with Crippen molar-refractivity contribution in [1.29, 1.82) is 0 Å². The Kier molecular flexibility index (Phi) is 5.06. The summed E-state index contributed by atoms with van der Waals surface area (Å²) < 4.78 is 5.26. The van der Waals surface area contributed by atoms with Crippen LogP contribution >= 0.6 is 11.8 Å². The quantitative estimate of drug-likeness (QED) is 0.482. The highest BCUT2D eigenvalue weighted by Crippen LogP contribution is 2.23. The lowest BCUT2D eigenvalue weighted by Gasteiger charge is -2.14. The predicted octanol–water partition coefficient (Wildman–Crippen LogP) is 2.29. The molecule has 1 atom stereocenters. The molecule has 1 amide bonds. The first-order valence-corrected chi connectivity index (χ1v) is 7.12. The Morgan fingerprint density at radius 1 is 1.26 bits per heavy atom. The van der Waals surface area contributed by atoms with E-state index < -0.39 is 0 Å². The van der Waals surface area contributed by atoms with Crippen LogP contribution in [0.1, 0.15) is 17.2 Å². The van der Waals surface area contributed by atoms with Gasteiger partial charge in [-0.15, -0.1) is 0 Å². The zero-order chi connectivity index (χ0) is 13.5. The van der Waals surface area contributed by atoms with E-state index >= 15 is 0 Å². The molecule has 0 radical (unpaired) electrons. The highest BCUT2D eigenvalue weighted by Gasteiger charge is 2.19. The summed E-state index contributed by atoms with van der Waals surface area (Å²) in [6, 6.07) is 13.4. The van der Waals surface area contributed by atoms with Crippen LogP contribution < -0.4 is 11.3 Å². The van der Waals surface area contributed by atoms with Gasteiger partial charge >= 0.3 is 0 Å². The summed E-state index contributed by atoms with van der Waals surface area (Å²) >= 11 is 1.65. The Morgan fingerprint density at radius 3 is 2.68 bits per heavy atom. The van der Waals surface area contributed by atoms with Crippen molar-refractivity contribution < 1.29 is 9.21 Å². The van der Waals surface area contributed by atoms with E-state index in [2.05, 4.69) is 5.43 Å². The molecule has 2 aromatic rings. The van der Waals surface area contributed by atoms with E-state index in [1.165, 1.54) is 0 Å². The van der Waals surface area contributed by atoms with Crippen molar-refractivity contribution in [3.63, 3.8) is 0 Å². The Morgan fingerprint density at radius 2 is 2.05 bits per heavy atom. The fourth-order valence-electron chi connectivity index (χ4n) is 1.78. The highest BCUT2D eigenvalue weighted by molar-refractivity contribution is 7.98. The summed E-state index contributed by atoms with van der Waals surface area (Å²) in [6.45, 7) is 0. The van der Waals surface area contributed by atoms with Gasteiger partial charge in [0.1, 0.15) is 5.76 Å². The molecule has 0 fully saturated rings. The van der Waals surface area contributed by atoms with Crippen molar-refractivity contribution in [1.82, 2.24) is 5.43 Å². The Balaban J connectivity index is 1.97. The van der Waals surface area contributed by atoms with E-state index in [0.717, 1.165) is 17.1 Å². The molecule has 0 spiro atoms. The molecule has 0 bridgehead atoms. The summed E-state index contributed by atoms with van der Waals surface area (Å²) in [5.74, 6) is 7.15. The van der Waals surface area contributed by atoms with Crippen LogP contribution in [0.15, 0.2) is 53.1 Å². The van der Waals surface area contributed by atoms with Crippen LogP contribution in [-0.4, -0.2) is 11.7 Å². The van der Waals surface area contributed by atoms with Crippen LogP contribution in [0, 0.1) is 0 Å². The molecule has 1 aromatic carbocycles. The van der Waals surface area contributed by atoms with Crippen LogP contribution in [-0.2, 0) is 10.5 Å². The molecule has 2 rings (SSSR count). The maximum atomic E-state index is 11.8. The smallest absolute Gasteiger partial charge is 0.242 e. The fourth-order valence-corrected chi connectivity index (χ4v) is 2.84. The summed E-state index contributed by atoms with van der Waals surface area (Å²) in [5.41, 5.74) is 3.20. The molecule has 0 aliphatic carbocycles. The Bertz CT molecular complexity index is 499. The van der Waals surface area contributed by atoms with Gasteiger partial charge in [0.05, 0.1) is 17.9 Å². The Hall–Kier alpha value is -1.72. The maximum absolute atomic E-state index is 11.8. The van der Waals surface area contributed by atoms with E-state index in [9.17, 15) is 4.79 Å². The standard InChI is InChI=1S/C14H16N2O2S/c15-16-14(17)13(11-5-2-1-3-6-11)10-19-9-12-7-4-8-18-12/h1-8,13H,9-10,15H2,(H,16,17). The number of amides is 1. The third-order valence-corrected chi connectivity index (χ3v) is 3.83. The number of carbonyl (C=O) groups is 1. The van der Waals surface area contributed by atoms with Gasteiger partial charge in [0.25, 0.3) is 0 Å². The number of nitrogens with one attached hydrogen (secondary N) is 1. The van der Waals surface area contributed by atoms with Crippen LogP contribution in [0.5, 0.6) is 0 Å². The van der Waals surface area contributed by atoms with Crippen molar-refractivity contribution in [3.05, 3.63) is 60.1 Å². The number of hydrogen-bond acceptors (Lipinski definition) is 4. The van der Waals surface area contributed by atoms with Crippen molar-refractivity contribution in [2.24, 2.45) is 5.84 Å². The summed E-state index contributed by atoms with van der Waals surface area (Å²) in [5, 5.41) is 0. The van der Waals surface area contributed by atoms with Crippen LogP contribution in [0.3, 0.4) is 0 Å². The average Bonchev–Trinajstić information content (AvgIpc) is 2.97. The van der Waals surface area contributed by atoms with Gasteiger partial charge in [-0.2, -0.15) is 11.8 Å². The lowest BCUT2D eigenvalue weighted by molar-refractivity contribution is -0.122. The van der Waals surface area contributed by atoms with Gasteiger partial charge in [-0.05, 0) is 17.7 Å². The summed E-state index contributed by atoms with van der Waals surface area (Å²) in [7, 11) is 0. The number of rotatable bonds is 6. The van der Waals surface area contributed by atoms with Gasteiger partial charge in [0.2, 0.25) is 5.91 Å². The van der Waals surface area contributed by atoms with Crippen molar-refractivity contribution >= 4 is 17.7 Å². The number of hydrogen-bond donors (Lipinski definition) is 2. The molecule has 0 saturated heterocycles. The second kappa shape index (κ2) is 7.01. The molecule has 0 aliphatic rings. The monoisotopic (exact) mass is 276 g/mol. The number of nitrogens with two attached hydrogens (primary N) is 1. The first-order chi connectivity index (χ1) is 9.31. The Labute approximate surface area is 116 Å². The normalized spacial score (nSPS) is 12.1. The summed E-state index contributed by atoms with van der Waals surface area (Å²) in [6.07, 6.45) is 1.65. The minimum Gasteiger partial charge on any atom is -0.468 e. The SMILES string of the molecule is NNC(=O)C(CSCc1ccco1)c1ccccc1. The summed E-state index contributed by atoms with van der Waals surface area (Å²) in [4.78, 5) is 11.8. The third-order valence-electron chi connectivity index (χ3n) is 2.77. The predicted molar refractivity (Wildman–Crippen MR) is 76.4 cm³/mol. The topological polar surface area (TPSA) is 68.3 Å². The molecular formula is C14H16N2O2S. The number of thioether (sulfide) groups is 1. The van der Waals surface area contributed by atoms with E-state index in [4.69, 9.17) is 10.3 Å². The van der Waals surface area contributed by atoms with E-state index in [1.807, 2.05) is 42.5 Å². The molecule has 0 aliphatic heterocycles. The van der Waals surface area contributed by atoms with Gasteiger partial charge in [-0.1, -0.05) is 30.3 Å². The van der Waals surface area contributed by atoms with Crippen molar-refractivity contribution in [3.8, 4) is 0 Å². The van der Waals surface area contributed by atoms with Crippen LogP contribution in [0.25, 0.3) is 0 Å². The van der Waals surface area contributed by atoms with E-state index in [-0.39, 0.29) is 11.8 Å². The molecule has 4 nitrogen and oxygen atoms in total. The number of furan rings is 1. The van der Waals surface area contributed by atoms with Gasteiger partial charge < -0.3 is 4.42 Å². The molecule has 19 heavy (non-hydrogen) atoms. The number of benzene rings is 1. The average molecular weight is 276 g/mol. The minimum absolute atomic E-state index is 0.168. The molecule has 1 unspecified atom stereocenters. The number of hydrazine groups is 1. The minimum atomic E-state index is -0.244. The lowest BCUT2D eigenvalue weighted by Crippen LogP contribution is -2.35. The molecule has 1 heterocycles. The maximum Gasteiger partial charge on any atom is 0.242 e. The first-order valence-electron chi connectivity index (χ1n) is 5.97. The third kappa shape index (κ3) is 3.87. The first kappa shape index (κ1) is 13.7. The molecule has 1 aromatic heterocycles. The van der Waals surface area contributed by atoms with Gasteiger partial charge in [-0.25, -0.2) is 5.84 Å². The molecule has 5 heteroatoms. The molecule has 100 valence electrons. The zero-order valence-corrected chi connectivity index (χ0v) is 11.2. The molecule has 0 saturated carbocycles. The van der Waals surface area contributed by atoms with Gasteiger partial charge in [-0.3, -0.25) is 10.2 Å².